The van der Waals surface area contributed by atoms with Crippen molar-refractivity contribution in [1.29, 1.82) is 0 Å². The molecule has 90 valence electrons. The predicted octanol–water partition coefficient (Wildman–Crippen LogP) is 4.18. The van der Waals surface area contributed by atoms with Crippen molar-refractivity contribution in [2.75, 3.05) is 5.32 Å². The van der Waals surface area contributed by atoms with Crippen molar-refractivity contribution >= 4 is 44.7 Å². The molecule has 0 aliphatic carbocycles. The first kappa shape index (κ1) is 12.8. The second kappa shape index (κ2) is 5.33. The Bertz CT molecular complexity index is 542. The second-order valence-electron chi connectivity index (χ2n) is 3.58. The molecule has 0 bridgehead atoms. The lowest BCUT2D eigenvalue weighted by molar-refractivity contribution is 1.02. The largest absolute Gasteiger partial charge is 0.363 e. The van der Waals surface area contributed by atoms with E-state index in [0.29, 0.717) is 17.5 Å². The fraction of sp³-hybridized carbons (Fsp3) is 0.273. The van der Waals surface area contributed by atoms with Gasteiger partial charge >= 0.3 is 0 Å². The third-order valence-electron chi connectivity index (χ3n) is 2.37. The molecule has 1 N–H and O–H groups in total. The van der Waals surface area contributed by atoms with Crippen LogP contribution in [0.25, 0.3) is 0 Å². The summed E-state index contributed by atoms with van der Waals surface area (Å²) in [6, 6.07) is 2.02. The average molecular weight is 333 g/mol. The van der Waals surface area contributed by atoms with E-state index in [9.17, 15) is 0 Å². The highest BCUT2D eigenvalue weighted by atomic mass is 79.9. The van der Waals surface area contributed by atoms with Gasteiger partial charge in [0.05, 0.1) is 17.9 Å². The van der Waals surface area contributed by atoms with E-state index in [4.69, 9.17) is 11.6 Å². The summed E-state index contributed by atoms with van der Waals surface area (Å²) in [7, 11) is 0. The molecule has 2 heterocycles. The molecule has 0 aliphatic rings. The molecule has 0 radical (unpaired) electrons. The Kier molecular flexibility index (Phi) is 4.01. The van der Waals surface area contributed by atoms with Gasteiger partial charge in [0.1, 0.15) is 0 Å². The molecule has 0 saturated heterocycles. The number of hydrogen-bond donors (Lipinski definition) is 1. The number of thiophene rings is 1. The van der Waals surface area contributed by atoms with Crippen molar-refractivity contribution < 1.29 is 0 Å². The fourth-order valence-corrected chi connectivity index (χ4v) is 2.97. The zero-order chi connectivity index (χ0) is 12.4. The second-order valence-corrected chi connectivity index (χ2v) is 5.79. The quantitative estimate of drug-likeness (QED) is 0.916. The van der Waals surface area contributed by atoms with Gasteiger partial charge < -0.3 is 5.32 Å². The maximum atomic E-state index is 6.04. The Morgan fingerprint density at radius 2 is 2.06 bits per heavy atom. The Morgan fingerprint density at radius 3 is 2.71 bits per heavy atom. The normalized spacial score (nSPS) is 10.6. The minimum absolute atomic E-state index is 0.417. The van der Waals surface area contributed by atoms with Gasteiger partial charge in [-0.15, -0.1) is 11.3 Å². The van der Waals surface area contributed by atoms with E-state index in [2.05, 4.69) is 31.2 Å². The lowest BCUT2D eigenvalue weighted by Gasteiger charge is -2.08. The summed E-state index contributed by atoms with van der Waals surface area (Å²) in [5, 5.41) is 5.65. The van der Waals surface area contributed by atoms with Gasteiger partial charge in [-0.2, -0.15) is 0 Å². The number of rotatable bonds is 3. The van der Waals surface area contributed by atoms with Crippen LogP contribution in [0.3, 0.4) is 0 Å². The van der Waals surface area contributed by atoms with Crippen LogP contribution < -0.4 is 5.32 Å². The molecular weight excluding hydrogens is 322 g/mol. The topological polar surface area (TPSA) is 37.8 Å². The van der Waals surface area contributed by atoms with Crippen LogP contribution in [0.5, 0.6) is 0 Å². The van der Waals surface area contributed by atoms with Crippen molar-refractivity contribution in [2.24, 2.45) is 0 Å². The minimum Gasteiger partial charge on any atom is -0.363 e. The highest BCUT2D eigenvalue weighted by molar-refractivity contribution is 9.10. The van der Waals surface area contributed by atoms with E-state index >= 15 is 0 Å². The first-order chi connectivity index (χ1) is 8.08. The van der Waals surface area contributed by atoms with Gasteiger partial charge in [0.25, 0.3) is 0 Å². The number of halogens is 2. The average Bonchev–Trinajstić information content (AvgIpc) is 2.68. The predicted molar refractivity (Wildman–Crippen MR) is 75.9 cm³/mol. The van der Waals surface area contributed by atoms with E-state index in [1.54, 1.807) is 11.3 Å². The molecule has 6 heteroatoms. The number of hydrogen-bond acceptors (Lipinski definition) is 4. The van der Waals surface area contributed by atoms with Crippen LogP contribution in [-0.4, -0.2) is 9.97 Å². The lowest BCUT2D eigenvalue weighted by atomic mass is 10.3. The van der Waals surface area contributed by atoms with Gasteiger partial charge in [-0.05, 0) is 41.2 Å². The van der Waals surface area contributed by atoms with E-state index in [1.165, 1.54) is 4.88 Å². The molecule has 2 aromatic rings. The molecule has 0 atom stereocenters. The highest BCUT2D eigenvalue weighted by Crippen LogP contribution is 2.25. The molecule has 0 unspecified atom stereocenters. The first-order valence-electron chi connectivity index (χ1n) is 5.04. The molecule has 0 aliphatic heterocycles. The van der Waals surface area contributed by atoms with Gasteiger partial charge in [-0.3, -0.25) is 0 Å². The molecule has 2 aromatic heterocycles. The summed E-state index contributed by atoms with van der Waals surface area (Å²) in [5.74, 6) is 0.634. The molecule has 0 amide bonds. The number of aromatic nitrogens is 2. The van der Waals surface area contributed by atoms with Crippen LogP contribution in [0.1, 0.15) is 16.3 Å². The zero-order valence-corrected chi connectivity index (χ0v) is 12.6. The molecule has 0 aromatic carbocycles. The third-order valence-corrected chi connectivity index (χ3v) is 4.56. The Hall–Kier alpha value is -0.650. The summed E-state index contributed by atoms with van der Waals surface area (Å²) >= 11 is 11.2. The van der Waals surface area contributed by atoms with Crippen LogP contribution in [0.2, 0.25) is 5.15 Å². The van der Waals surface area contributed by atoms with Crippen LogP contribution in [0.4, 0.5) is 5.82 Å². The van der Waals surface area contributed by atoms with Crippen molar-refractivity contribution in [3.63, 3.8) is 0 Å². The maximum absolute atomic E-state index is 6.04. The number of anilines is 1. The van der Waals surface area contributed by atoms with Crippen LogP contribution >= 0.6 is 38.9 Å². The zero-order valence-electron chi connectivity index (χ0n) is 9.42. The van der Waals surface area contributed by atoms with Crippen molar-refractivity contribution in [1.82, 2.24) is 9.97 Å². The molecule has 0 saturated carbocycles. The summed E-state index contributed by atoms with van der Waals surface area (Å²) < 4.78 is 1.10. The number of nitrogens with zero attached hydrogens (tertiary/aromatic N) is 2. The summed E-state index contributed by atoms with van der Waals surface area (Å²) in [5.41, 5.74) is 1.75. The van der Waals surface area contributed by atoms with Gasteiger partial charge in [0, 0.05) is 9.35 Å². The summed E-state index contributed by atoms with van der Waals surface area (Å²) in [6.07, 6.45) is 0. The summed E-state index contributed by atoms with van der Waals surface area (Å²) in [4.78, 5) is 9.82. The lowest BCUT2D eigenvalue weighted by Crippen LogP contribution is -2.04. The van der Waals surface area contributed by atoms with Gasteiger partial charge in [-0.1, -0.05) is 11.6 Å². The van der Waals surface area contributed by atoms with E-state index in [-0.39, 0.29) is 0 Å². The van der Waals surface area contributed by atoms with E-state index in [0.717, 1.165) is 15.9 Å². The van der Waals surface area contributed by atoms with Crippen molar-refractivity contribution in [3.8, 4) is 0 Å². The molecule has 0 fully saturated rings. The molecule has 0 spiro atoms. The van der Waals surface area contributed by atoms with Crippen LogP contribution in [0, 0.1) is 13.8 Å². The monoisotopic (exact) mass is 331 g/mol. The van der Waals surface area contributed by atoms with E-state index in [1.807, 2.05) is 25.3 Å². The van der Waals surface area contributed by atoms with Crippen molar-refractivity contribution in [3.05, 3.63) is 37.3 Å². The van der Waals surface area contributed by atoms with Crippen molar-refractivity contribution in [2.45, 2.75) is 20.4 Å². The van der Waals surface area contributed by atoms with E-state index < -0.39 is 0 Å². The number of aryl methyl sites for hydroxylation is 2. The molecule has 3 nitrogen and oxygen atoms in total. The standard InChI is InChI=1S/C11H11BrClN3S/c1-6-7(2)16-11(10(13)15-6)14-5-9-8(12)3-4-17-9/h3-4H,5H2,1-2H3,(H,14,16). The highest BCUT2D eigenvalue weighted by Gasteiger charge is 2.08. The Labute approximate surface area is 117 Å². The first-order valence-corrected chi connectivity index (χ1v) is 7.09. The smallest absolute Gasteiger partial charge is 0.171 e. The SMILES string of the molecule is Cc1nc(Cl)c(NCc2sccc2Br)nc1C. The molecule has 17 heavy (non-hydrogen) atoms. The third kappa shape index (κ3) is 2.97. The minimum atomic E-state index is 0.417. The number of nitrogens with one attached hydrogen (secondary N) is 1. The summed E-state index contributed by atoms with van der Waals surface area (Å²) in [6.45, 7) is 4.51. The maximum Gasteiger partial charge on any atom is 0.171 e. The van der Waals surface area contributed by atoms with Gasteiger partial charge in [0.15, 0.2) is 11.0 Å². The van der Waals surface area contributed by atoms with Crippen LogP contribution in [0.15, 0.2) is 15.9 Å². The van der Waals surface area contributed by atoms with Gasteiger partial charge in [0.2, 0.25) is 0 Å². The Balaban J connectivity index is 2.14. The fourth-order valence-electron chi connectivity index (χ4n) is 1.30. The Morgan fingerprint density at radius 1 is 1.35 bits per heavy atom. The van der Waals surface area contributed by atoms with Gasteiger partial charge in [-0.25, -0.2) is 9.97 Å². The molecular formula is C11H11BrClN3S. The molecule has 2 rings (SSSR count). The van der Waals surface area contributed by atoms with Crippen LogP contribution in [-0.2, 0) is 6.54 Å².